The number of aliphatic hydroxyl groups is 1. The van der Waals surface area contributed by atoms with Crippen molar-refractivity contribution >= 4 is 23.6 Å². The molecule has 0 spiro atoms. The maximum absolute atomic E-state index is 11.9. The third kappa shape index (κ3) is 5.77. The number of hydrogen-bond donors (Lipinski definition) is 3. The van der Waals surface area contributed by atoms with Crippen molar-refractivity contribution in [3.63, 3.8) is 0 Å². The number of aliphatic hydroxyl groups excluding tert-OH is 1. The Balaban J connectivity index is 1.91. The highest BCUT2D eigenvalue weighted by Crippen LogP contribution is 2.12. The summed E-state index contributed by atoms with van der Waals surface area (Å²) in [6.45, 7) is -0.165. The van der Waals surface area contributed by atoms with E-state index in [0.717, 1.165) is 11.1 Å². The number of halogens is 1. The van der Waals surface area contributed by atoms with E-state index in [9.17, 15) is 15.0 Å². The molecule has 0 radical (unpaired) electrons. The molecule has 0 saturated heterocycles. The summed E-state index contributed by atoms with van der Waals surface area (Å²) >= 11 is 5.80. The van der Waals surface area contributed by atoms with Crippen LogP contribution in [-0.2, 0) is 11.2 Å². The largest absolute Gasteiger partial charge is 0.508 e. The van der Waals surface area contributed by atoms with Crippen LogP contribution in [0.4, 0.5) is 0 Å². The van der Waals surface area contributed by atoms with Crippen molar-refractivity contribution in [2.45, 2.75) is 12.5 Å². The van der Waals surface area contributed by atoms with Crippen LogP contribution in [0.15, 0.2) is 54.6 Å². The van der Waals surface area contributed by atoms with Crippen LogP contribution < -0.4 is 5.32 Å². The summed E-state index contributed by atoms with van der Waals surface area (Å²) in [5, 5.41) is 22.0. The number of phenolic OH excluding ortho intramolecular Hbond substituents is 1. The van der Waals surface area contributed by atoms with Gasteiger partial charge in [0.15, 0.2) is 0 Å². The molecule has 2 aromatic rings. The Morgan fingerprint density at radius 2 is 1.78 bits per heavy atom. The fraction of sp³-hybridized carbons (Fsp3) is 0.167. The summed E-state index contributed by atoms with van der Waals surface area (Å²) < 4.78 is 0. The van der Waals surface area contributed by atoms with Gasteiger partial charge in [0.25, 0.3) is 0 Å². The van der Waals surface area contributed by atoms with E-state index in [-0.39, 0.29) is 24.3 Å². The van der Waals surface area contributed by atoms with Crippen LogP contribution in [0.3, 0.4) is 0 Å². The summed E-state index contributed by atoms with van der Waals surface area (Å²) in [7, 11) is 0. The summed E-state index contributed by atoms with van der Waals surface area (Å²) in [4.78, 5) is 11.9. The molecule has 0 bridgehead atoms. The van der Waals surface area contributed by atoms with E-state index in [4.69, 9.17) is 11.6 Å². The number of carbonyl (C=O) groups excluding carboxylic acids is 1. The minimum atomic E-state index is -0.387. The maximum atomic E-state index is 11.9. The monoisotopic (exact) mass is 331 g/mol. The smallest absolute Gasteiger partial charge is 0.244 e. The van der Waals surface area contributed by atoms with Crippen LogP contribution in [0.25, 0.3) is 6.08 Å². The molecule has 2 aromatic carbocycles. The fourth-order valence-corrected chi connectivity index (χ4v) is 2.20. The topological polar surface area (TPSA) is 69.6 Å². The predicted octanol–water partition coefficient (Wildman–Crippen LogP) is 2.78. The average Bonchev–Trinajstić information content (AvgIpc) is 2.55. The molecule has 0 fully saturated rings. The summed E-state index contributed by atoms with van der Waals surface area (Å²) in [5.74, 6) is -0.0954. The normalized spacial score (nSPS) is 12.3. The molecule has 2 rings (SSSR count). The summed E-state index contributed by atoms with van der Waals surface area (Å²) in [5.41, 5.74) is 1.78. The number of nitrogens with one attached hydrogen (secondary N) is 1. The molecule has 4 nitrogen and oxygen atoms in total. The molecule has 0 aliphatic heterocycles. The number of phenols is 1. The zero-order valence-electron chi connectivity index (χ0n) is 12.4. The molecule has 0 heterocycles. The second-order valence-corrected chi connectivity index (χ2v) is 5.58. The molecule has 0 aliphatic rings. The first-order chi connectivity index (χ1) is 11.1. The van der Waals surface area contributed by atoms with E-state index < -0.39 is 0 Å². The number of benzene rings is 2. The third-order valence-electron chi connectivity index (χ3n) is 3.28. The van der Waals surface area contributed by atoms with Crippen molar-refractivity contribution in [3.8, 4) is 5.75 Å². The lowest BCUT2D eigenvalue weighted by Crippen LogP contribution is -2.38. The first-order valence-corrected chi connectivity index (χ1v) is 7.57. The van der Waals surface area contributed by atoms with Crippen molar-refractivity contribution in [1.29, 1.82) is 0 Å². The Labute approximate surface area is 140 Å². The van der Waals surface area contributed by atoms with Crippen molar-refractivity contribution in [1.82, 2.24) is 5.32 Å². The van der Waals surface area contributed by atoms with Crippen LogP contribution >= 0.6 is 11.6 Å². The van der Waals surface area contributed by atoms with Gasteiger partial charge >= 0.3 is 0 Å². The molecule has 0 aliphatic carbocycles. The van der Waals surface area contributed by atoms with Crippen LogP contribution in [0, 0.1) is 0 Å². The Morgan fingerprint density at radius 1 is 1.13 bits per heavy atom. The van der Waals surface area contributed by atoms with Gasteiger partial charge in [0, 0.05) is 11.1 Å². The minimum absolute atomic E-state index is 0.165. The van der Waals surface area contributed by atoms with Gasteiger partial charge in [-0.2, -0.15) is 0 Å². The zero-order valence-corrected chi connectivity index (χ0v) is 13.2. The van der Waals surface area contributed by atoms with Gasteiger partial charge in [0.2, 0.25) is 5.91 Å². The van der Waals surface area contributed by atoms with Crippen LogP contribution in [0.1, 0.15) is 11.1 Å². The van der Waals surface area contributed by atoms with Crippen molar-refractivity contribution in [3.05, 3.63) is 70.8 Å². The lowest BCUT2D eigenvalue weighted by Gasteiger charge is -2.15. The van der Waals surface area contributed by atoms with Gasteiger partial charge in [0.1, 0.15) is 5.75 Å². The van der Waals surface area contributed by atoms with Gasteiger partial charge in [-0.05, 0) is 47.9 Å². The maximum Gasteiger partial charge on any atom is 0.244 e. The number of hydrogen-bond acceptors (Lipinski definition) is 3. The highest BCUT2D eigenvalue weighted by Gasteiger charge is 2.10. The molecular formula is C18H18ClNO3. The van der Waals surface area contributed by atoms with E-state index in [1.54, 1.807) is 42.5 Å². The lowest BCUT2D eigenvalue weighted by atomic mass is 10.1. The molecule has 3 N–H and O–H groups in total. The van der Waals surface area contributed by atoms with E-state index in [2.05, 4.69) is 5.32 Å². The van der Waals surface area contributed by atoms with Crippen molar-refractivity contribution in [2.75, 3.05) is 6.61 Å². The van der Waals surface area contributed by atoms with E-state index in [0.29, 0.717) is 11.4 Å². The number of amides is 1. The van der Waals surface area contributed by atoms with E-state index >= 15 is 0 Å². The highest BCUT2D eigenvalue weighted by atomic mass is 35.5. The molecule has 5 heteroatoms. The Kier molecular flexibility index (Phi) is 6.20. The Bertz CT molecular complexity index is 666. The molecule has 0 saturated carbocycles. The quantitative estimate of drug-likeness (QED) is 0.713. The first kappa shape index (κ1) is 17.1. The number of aromatic hydroxyl groups is 1. The molecule has 23 heavy (non-hydrogen) atoms. The Hall–Kier alpha value is -2.30. The summed E-state index contributed by atoms with van der Waals surface area (Å²) in [6.07, 6.45) is 3.58. The van der Waals surface area contributed by atoms with Gasteiger partial charge in [-0.25, -0.2) is 0 Å². The van der Waals surface area contributed by atoms with Gasteiger partial charge < -0.3 is 15.5 Å². The van der Waals surface area contributed by atoms with Gasteiger partial charge in [-0.3, -0.25) is 4.79 Å². The molecule has 120 valence electrons. The van der Waals surface area contributed by atoms with E-state index in [1.165, 1.54) is 6.08 Å². The number of carbonyl (C=O) groups is 1. The van der Waals surface area contributed by atoms with Crippen LogP contribution in [0.5, 0.6) is 5.75 Å². The van der Waals surface area contributed by atoms with Gasteiger partial charge in [-0.1, -0.05) is 35.9 Å². The van der Waals surface area contributed by atoms with Gasteiger partial charge in [-0.15, -0.1) is 0 Å². The Morgan fingerprint density at radius 3 is 2.39 bits per heavy atom. The van der Waals surface area contributed by atoms with Crippen molar-refractivity contribution in [2.24, 2.45) is 0 Å². The number of rotatable bonds is 6. The highest BCUT2D eigenvalue weighted by molar-refractivity contribution is 6.30. The second kappa shape index (κ2) is 8.36. The summed E-state index contributed by atoms with van der Waals surface area (Å²) in [6, 6.07) is 13.4. The zero-order chi connectivity index (χ0) is 16.7. The first-order valence-electron chi connectivity index (χ1n) is 7.20. The van der Waals surface area contributed by atoms with E-state index in [1.807, 2.05) is 12.1 Å². The third-order valence-corrected chi connectivity index (χ3v) is 3.53. The molecular weight excluding hydrogens is 314 g/mol. The molecule has 1 atom stereocenters. The second-order valence-electron chi connectivity index (χ2n) is 5.14. The molecule has 0 unspecified atom stereocenters. The minimum Gasteiger partial charge on any atom is -0.508 e. The van der Waals surface area contributed by atoms with Crippen molar-refractivity contribution < 1.29 is 15.0 Å². The molecule has 0 aromatic heterocycles. The van der Waals surface area contributed by atoms with Crippen LogP contribution in [0.2, 0.25) is 5.02 Å². The fourth-order valence-electron chi connectivity index (χ4n) is 2.07. The van der Waals surface area contributed by atoms with Crippen LogP contribution in [-0.4, -0.2) is 28.8 Å². The SMILES string of the molecule is O=C(/C=C/c1ccc(Cl)cc1)N[C@H](CO)Cc1ccc(O)cc1. The predicted molar refractivity (Wildman–Crippen MR) is 91.3 cm³/mol. The standard InChI is InChI=1S/C18H18ClNO3/c19-15-6-1-13(2-7-15)5-10-18(23)20-16(12-21)11-14-3-8-17(22)9-4-14/h1-10,16,21-22H,11-12H2,(H,20,23)/b10-5+/t16-/m0/s1. The molecule has 1 amide bonds. The van der Waals surface area contributed by atoms with Gasteiger partial charge in [0.05, 0.1) is 12.6 Å². The average molecular weight is 332 g/mol. The lowest BCUT2D eigenvalue weighted by molar-refractivity contribution is -0.117.